The second-order valence-corrected chi connectivity index (χ2v) is 4.54. The summed E-state index contributed by atoms with van der Waals surface area (Å²) in [4.78, 5) is 0. The minimum absolute atomic E-state index is 0.692. The van der Waals surface area contributed by atoms with E-state index in [0.717, 1.165) is 31.1 Å². The maximum atomic E-state index is 5.35. The van der Waals surface area contributed by atoms with Crippen molar-refractivity contribution < 1.29 is 4.74 Å². The molecular weight excluding hydrogens is 202 g/mol. The molecule has 0 aromatic carbocycles. The van der Waals surface area contributed by atoms with Crippen molar-refractivity contribution in [2.75, 3.05) is 20.2 Å². The van der Waals surface area contributed by atoms with Crippen LogP contribution >= 0.6 is 0 Å². The Bertz CT molecular complexity index is 331. The van der Waals surface area contributed by atoms with Gasteiger partial charge in [0.15, 0.2) is 0 Å². The lowest BCUT2D eigenvalue weighted by molar-refractivity contribution is 0.369. The van der Waals surface area contributed by atoms with Gasteiger partial charge in [-0.3, -0.25) is 0 Å². The van der Waals surface area contributed by atoms with Gasteiger partial charge in [0.1, 0.15) is 0 Å². The van der Waals surface area contributed by atoms with Gasteiger partial charge < -0.3 is 10.1 Å². The second-order valence-electron chi connectivity index (χ2n) is 4.54. The summed E-state index contributed by atoms with van der Waals surface area (Å²) in [5, 5.41) is 7.79. The molecular formula is C12H23N3O. The van der Waals surface area contributed by atoms with Crippen LogP contribution < -0.4 is 10.1 Å². The zero-order valence-corrected chi connectivity index (χ0v) is 11.0. The van der Waals surface area contributed by atoms with E-state index in [1.54, 1.807) is 11.8 Å². The normalized spacial score (nSPS) is 11.1. The molecule has 0 saturated heterocycles. The van der Waals surface area contributed by atoms with E-state index in [1.165, 1.54) is 5.56 Å². The largest absolute Gasteiger partial charge is 0.481 e. The molecule has 0 unspecified atom stereocenters. The molecule has 0 amide bonds. The lowest BCUT2D eigenvalue weighted by Crippen LogP contribution is -2.22. The molecule has 0 aliphatic carbocycles. The van der Waals surface area contributed by atoms with Crippen LogP contribution in [-0.4, -0.2) is 30.0 Å². The molecule has 0 atom stereocenters. The summed E-state index contributed by atoms with van der Waals surface area (Å²) in [5.41, 5.74) is 2.27. The van der Waals surface area contributed by atoms with Gasteiger partial charge in [-0.1, -0.05) is 13.8 Å². The third-order valence-corrected chi connectivity index (χ3v) is 2.59. The summed E-state index contributed by atoms with van der Waals surface area (Å²) < 4.78 is 7.15. The van der Waals surface area contributed by atoms with E-state index in [0.29, 0.717) is 5.92 Å². The molecule has 92 valence electrons. The minimum atomic E-state index is 0.692. The van der Waals surface area contributed by atoms with Crippen LogP contribution in [0.2, 0.25) is 0 Å². The Labute approximate surface area is 98.0 Å². The van der Waals surface area contributed by atoms with Crippen LogP contribution in [0.4, 0.5) is 0 Å². The van der Waals surface area contributed by atoms with Crippen LogP contribution in [0.25, 0.3) is 0 Å². The highest BCUT2D eigenvalue weighted by molar-refractivity contribution is 5.31. The first kappa shape index (κ1) is 13.0. The molecule has 0 aliphatic rings. The van der Waals surface area contributed by atoms with Gasteiger partial charge >= 0.3 is 0 Å². The van der Waals surface area contributed by atoms with E-state index < -0.39 is 0 Å². The van der Waals surface area contributed by atoms with E-state index >= 15 is 0 Å². The average molecular weight is 225 g/mol. The van der Waals surface area contributed by atoms with Crippen molar-refractivity contribution >= 4 is 0 Å². The topological polar surface area (TPSA) is 39.1 Å². The summed E-state index contributed by atoms with van der Waals surface area (Å²) in [7, 11) is 3.61. The van der Waals surface area contributed by atoms with Crippen molar-refractivity contribution in [3.63, 3.8) is 0 Å². The van der Waals surface area contributed by atoms with E-state index in [1.807, 2.05) is 14.0 Å². The zero-order chi connectivity index (χ0) is 12.1. The standard InChI is InChI=1S/C12H23N3O/c1-9(2)8-13-7-6-11-10(3)14-15(4)12(11)16-5/h9,13H,6-8H2,1-5H3. The monoisotopic (exact) mass is 225 g/mol. The van der Waals surface area contributed by atoms with Crippen molar-refractivity contribution in [1.29, 1.82) is 0 Å². The van der Waals surface area contributed by atoms with Gasteiger partial charge in [0, 0.05) is 12.6 Å². The summed E-state index contributed by atoms with van der Waals surface area (Å²) in [6.07, 6.45) is 0.968. The zero-order valence-electron chi connectivity index (χ0n) is 11.0. The number of hydrogen-bond acceptors (Lipinski definition) is 3. The molecule has 1 heterocycles. The highest BCUT2D eigenvalue weighted by atomic mass is 16.5. The van der Waals surface area contributed by atoms with Crippen LogP contribution in [0.3, 0.4) is 0 Å². The van der Waals surface area contributed by atoms with Crippen LogP contribution in [0.5, 0.6) is 5.88 Å². The van der Waals surface area contributed by atoms with Gasteiger partial charge in [-0.15, -0.1) is 0 Å². The van der Waals surface area contributed by atoms with Gasteiger partial charge in [-0.25, -0.2) is 4.68 Å². The minimum Gasteiger partial charge on any atom is -0.481 e. The highest BCUT2D eigenvalue weighted by Gasteiger charge is 2.12. The lowest BCUT2D eigenvalue weighted by atomic mass is 10.1. The number of ether oxygens (including phenoxy) is 1. The van der Waals surface area contributed by atoms with Gasteiger partial charge in [0.25, 0.3) is 0 Å². The molecule has 0 bridgehead atoms. The maximum absolute atomic E-state index is 5.35. The number of aromatic nitrogens is 2. The third kappa shape index (κ3) is 3.23. The van der Waals surface area contributed by atoms with Gasteiger partial charge in [-0.2, -0.15) is 5.10 Å². The quantitative estimate of drug-likeness (QED) is 0.746. The number of methoxy groups -OCH3 is 1. The molecule has 16 heavy (non-hydrogen) atoms. The van der Waals surface area contributed by atoms with Crippen LogP contribution in [0, 0.1) is 12.8 Å². The molecule has 1 aromatic rings. The number of rotatable bonds is 6. The first-order chi connectivity index (χ1) is 7.56. The Hall–Kier alpha value is -1.03. The SMILES string of the molecule is COc1c(CCNCC(C)C)c(C)nn1C. The molecule has 0 spiro atoms. The Morgan fingerprint density at radius 1 is 1.44 bits per heavy atom. The average Bonchev–Trinajstić information content (AvgIpc) is 2.47. The first-order valence-corrected chi connectivity index (χ1v) is 5.83. The smallest absolute Gasteiger partial charge is 0.214 e. The molecule has 0 radical (unpaired) electrons. The summed E-state index contributed by atoms with van der Waals surface area (Å²) >= 11 is 0. The predicted molar refractivity (Wildman–Crippen MR) is 65.9 cm³/mol. The Balaban J connectivity index is 2.53. The Morgan fingerprint density at radius 3 is 2.69 bits per heavy atom. The van der Waals surface area contributed by atoms with Crippen molar-refractivity contribution in [1.82, 2.24) is 15.1 Å². The predicted octanol–water partition coefficient (Wildman–Crippen LogP) is 1.53. The summed E-state index contributed by atoms with van der Waals surface area (Å²) in [5.74, 6) is 1.57. The first-order valence-electron chi connectivity index (χ1n) is 5.83. The van der Waals surface area contributed by atoms with Gasteiger partial charge in [0.2, 0.25) is 5.88 Å². The molecule has 0 aliphatic heterocycles. The summed E-state index contributed by atoms with van der Waals surface area (Å²) in [6.45, 7) is 8.48. The second kappa shape index (κ2) is 5.89. The number of aryl methyl sites for hydroxylation is 2. The fraction of sp³-hybridized carbons (Fsp3) is 0.750. The van der Waals surface area contributed by atoms with Gasteiger partial charge in [-0.05, 0) is 32.4 Å². The van der Waals surface area contributed by atoms with Crippen molar-refractivity contribution in [3.8, 4) is 5.88 Å². The van der Waals surface area contributed by atoms with Crippen molar-refractivity contribution in [2.45, 2.75) is 27.2 Å². The van der Waals surface area contributed by atoms with Crippen LogP contribution in [0.1, 0.15) is 25.1 Å². The van der Waals surface area contributed by atoms with E-state index in [9.17, 15) is 0 Å². The Kier molecular flexibility index (Phi) is 4.80. The molecule has 1 rings (SSSR count). The van der Waals surface area contributed by atoms with Crippen LogP contribution in [-0.2, 0) is 13.5 Å². The Morgan fingerprint density at radius 2 is 2.12 bits per heavy atom. The molecule has 0 fully saturated rings. The van der Waals surface area contributed by atoms with Crippen molar-refractivity contribution in [3.05, 3.63) is 11.3 Å². The fourth-order valence-corrected chi connectivity index (χ4v) is 1.83. The number of nitrogens with one attached hydrogen (secondary N) is 1. The summed E-state index contributed by atoms with van der Waals surface area (Å²) in [6, 6.07) is 0. The third-order valence-electron chi connectivity index (χ3n) is 2.59. The van der Waals surface area contributed by atoms with E-state index in [-0.39, 0.29) is 0 Å². The molecule has 0 saturated carbocycles. The van der Waals surface area contributed by atoms with Gasteiger partial charge in [0.05, 0.1) is 12.8 Å². The maximum Gasteiger partial charge on any atom is 0.214 e. The number of hydrogen-bond donors (Lipinski definition) is 1. The van der Waals surface area contributed by atoms with Crippen molar-refractivity contribution in [2.24, 2.45) is 13.0 Å². The van der Waals surface area contributed by atoms with Crippen LogP contribution in [0.15, 0.2) is 0 Å². The lowest BCUT2D eigenvalue weighted by Gasteiger charge is -2.08. The molecule has 1 aromatic heterocycles. The number of nitrogens with zero attached hydrogens (tertiary/aromatic N) is 2. The van der Waals surface area contributed by atoms with E-state index in [2.05, 4.69) is 24.3 Å². The van der Waals surface area contributed by atoms with E-state index in [4.69, 9.17) is 4.74 Å². The molecule has 4 nitrogen and oxygen atoms in total. The highest BCUT2D eigenvalue weighted by Crippen LogP contribution is 2.20. The fourth-order valence-electron chi connectivity index (χ4n) is 1.83. The molecule has 4 heteroatoms. The molecule has 1 N–H and O–H groups in total.